The maximum absolute atomic E-state index is 12.5. The van der Waals surface area contributed by atoms with Gasteiger partial charge in [0.15, 0.2) is 0 Å². The Kier molecular flexibility index (Phi) is 14.9. The van der Waals surface area contributed by atoms with Crippen LogP contribution in [-0.2, 0) is 28.6 Å². The van der Waals surface area contributed by atoms with Crippen molar-refractivity contribution in [3.05, 3.63) is 0 Å². The fourth-order valence-electron chi connectivity index (χ4n) is 5.98. The second-order valence-electron chi connectivity index (χ2n) is 12.6. The van der Waals surface area contributed by atoms with Gasteiger partial charge in [0.1, 0.15) is 18.3 Å². The van der Waals surface area contributed by atoms with Gasteiger partial charge in [0, 0.05) is 6.42 Å². The van der Waals surface area contributed by atoms with Gasteiger partial charge in [-0.1, -0.05) is 43.6 Å². The number of carbonyl (C=O) groups excluding carboxylic acids is 3. The van der Waals surface area contributed by atoms with Crippen LogP contribution >= 0.6 is 0 Å². The largest absolute Gasteiger partial charge is 0.461 e. The molecule has 0 spiro atoms. The average molecular weight is 543 g/mol. The van der Waals surface area contributed by atoms with Crippen LogP contribution in [0.5, 0.6) is 0 Å². The number of hydrogen-bond acceptors (Lipinski definition) is 6. The van der Waals surface area contributed by atoms with Gasteiger partial charge >= 0.3 is 17.9 Å². The first-order valence-corrected chi connectivity index (χ1v) is 13.4. The SMILES string of the molecule is C.C.C.C.CCC(C)(C)C(=O)OC1(C)C2CC3CC(C2)CC1C3.CCC(C)(C)C(=O)OCC1CCC(=O)O1. The Morgan fingerprint density at radius 3 is 1.68 bits per heavy atom. The van der Waals surface area contributed by atoms with Crippen molar-refractivity contribution >= 4 is 17.9 Å². The second kappa shape index (κ2) is 14.7. The number of rotatable bonds is 7. The third kappa shape index (κ3) is 8.45. The van der Waals surface area contributed by atoms with Crippen molar-refractivity contribution in [3.63, 3.8) is 0 Å². The van der Waals surface area contributed by atoms with Gasteiger partial charge in [-0.3, -0.25) is 14.4 Å². The monoisotopic (exact) mass is 542 g/mol. The Morgan fingerprint density at radius 1 is 0.842 bits per heavy atom. The third-order valence-electron chi connectivity index (χ3n) is 9.31. The van der Waals surface area contributed by atoms with Gasteiger partial charge in [-0.25, -0.2) is 0 Å². The number of ether oxygens (including phenoxy) is 3. The molecule has 4 saturated carbocycles. The lowest BCUT2D eigenvalue weighted by atomic mass is 9.50. The number of hydrogen-bond donors (Lipinski definition) is 0. The molecule has 1 aliphatic heterocycles. The molecule has 226 valence electrons. The molecule has 0 amide bonds. The summed E-state index contributed by atoms with van der Waals surface area (Å²) in [5.41, 5.74) is -0.961. The van der Waals surface area contributed by atoms with Gasteiger partial charge in [-0.15, -0.1) is 0 Å². The van der Waals surface area contributed by atoms with E-state index in [0.717, 1.165) is 24.7 Å². The molecule has 4 aliphatic carbocycles. The number of cyclic esters (lactones) is 1. The molecule has 0 aromatic carbocycles. The molecular weight excluding hydrogens is 480 g/mol. The van der Waals surface area contributed by atoms with Crippen LogP contribution in [0.4, 0.5) is 0 Å². The highest BCUT2D eigenvalue weighted by atomic mass is 16.6. The first-order chi connectivity index (χ1) is 15.8. The third-order valence-corrected chi connectivity index (χ3v) is 9.31. The van der Waals surface area contributed by atoms with E-state index in [1.807, 2.05) is 34.6 Å². The minimum absolute atomic E-state index is 0. The normalized spacial score (nSPS) is 30.6. The standard InChI is InChI=1S/C17H28O2.C11H18O4.4CH4/c1-5-16(2,3)15(18)19-17(4)13-7-11-6-12(9-13)10-14(17)8-11;1-4-11(2,3)10(13)14-7-8-5-6-9(12)15-8;;;;/h11-14H,5-10H2,1-4H3;8H,4-7H2,1-3H3;4*1H4. The molecule has 6 nitrogen and oxygen atoms in total. The van der Waals surface area contributed by atoms with Crippen LogP contribution in [0, 0.1) is 34.5 Å². The lowest BCUT2D eigenvalue weighted by Crippen LogP contribution is -2.58. The first-order valence-electron chi connectivity index (χ1n) is 13.4. The molecule has 5 rings (SSSR count). The molecule has 38 heavy (non-hydrogen) atoms. The molecule has 5 fully saturated rings. The summed E-state index contributed by atoms with van der Waals surface area (Å²) in [4.78, 5) is 34.8. The predicted molar refractivity (Wildman–Crippen MR) is 157 cm³/mol. The summed E-state index contributed by atoms with van der Waals surface area (Å²) in [6.45, 7) is 14.1. The Hall–Kier alpha value is -1.59. The quantitative estimate of drug-likeness (QED) is 0.237. The van der Waals surface area contributed by atoms with Crippen molar-refractivity contribution in [3.8, 4) is 0 Å². The molecule has 0 N–H and O–H groups in total. The topological polar surface area (TPSA) is 78.9 Å². The van der Waals surface area contributed by atoms with Gasteiger partial charge < -0.3 is 14.2 Å². The van der Waals surface area contributed by atoms with Gasteiger partial charge in [0.25, 0.3) is 0 Å². The molecule has 4 bridgehead atoms. The zero-order chi connectivity index (χ0) is 25.3. The fourth-order valence-corrected chi connectivity index (χ4v) is 5.98. The van der Waals surface area contributed by atoms with Crippen LogP contribution in [0.15, 0.2) is 0 Å². The van der Waals surface area contributed by atoms with Crippen molar-refractivity contribution in [2.45, 2.75) is 148 Å². The van der Waals surface area contributed by atoms with Crippen molar-refractivity contribution in [2.24, 2.45) is 34.5 Å². The van der Waals surface area contributed by atoms with Crippen molar-refractivity contribution < 1.29 is 28.6 Å². The lowest BCUT2D eigenvalue weighted by molar-refractivity contribution is -0.211. The zero-order valence-electron chi connectivity index (χ0n) is 22.4. The van der Waals surface area contributed by atoms with E-state index in [9.17, 15) is 14.4 Å². The highest BCUT2D eigenvalue weighted by Crippen LogP contribution is 2.59. The van der Waals surface area contributed by atoms with E-state index in [2.05, 4.69) is 13.8 Å². The minimum atomic E-state index is -0.456. The molecule has 1 saturated heterocycles. The Morgan fingerprint density at radius 2 is 1.29 bits per heavy atom. The molecule has 6 heteroatoms. The Labute approximate surface area is 235 Å². The van der Waals surface area contributed by atoms with Gasteiger partial charge in [0.05, 0.1) is 10.8 Å². The number of carbonyl (C=O) groups is 3. The fraction of sp³-hybridized carbons (Fsp3) is 0.906. The van der Waals surface area contributed by atoms with Crippen LogP contribution < -0.4 is 0 Å². The zero-order valence-corrected chi connectivity index (χ0v) is 22.4. The van der Waals surface area contributed by atoms with Crippen LogP contribution in [0.25, 0.3) is 0 Å². The van der Waals surface area contributed by atoms with Crippen molar-refractivity contribution in [1.82, 2.24) is 0 Å². The summed E-state index contributed by atoms with van der Waals surface area (Å²) in [5.74, 6) is 2.69. The van der Waals surface area contributed by atoms with E-state index in [4.69, 9.17) is 14.2 Å². The smallest absolute Gasteiger partial charge is 0.312 e. The number of esters is 3. The maximum Gasteiger partial charge on any atom is 0.312 e. The molecule has 1 unspecified atom stereocenters. The van der Waals surface area contributed by atoms with Crippen LogP contribution in [0.3, 0.4) is 0 Å². The van der Waals surface area contributed by atoms with Crippen LogP contribution in [-0.4, -0.2) is 36.2 Å². The second-order valence-corrected chi connectivity index (χ2v) is 12.6. The van der Waals surface area contributed by atoms with Gasteiger partial charge in [0.2, 0.25) is 0 Å². The maximum atomic E-state index is 12.5. The molecule has 0 aromatic heterocycles. The van der Waals surface area contributed by atoms with Crippen molar-refractivity contribution in [1.29, 1.82) is 0 Å². The van der Waals surface area contributed by atoms with E-state index in [1.54, 1.807) is 0 Å². The van der Waals surface area contributed by atoms with Crippen LogP contribution in [0.1, 0.15) is 136 Å². The summed E-state index contributed by atoms with van der Waals surface area (Å²) < 4.78 is 16.2. The summed E-state index contributed by atoms with van der Waals surface area (Å²) in [6.07, 6.45) is 9.04. The molecule has 1 atom stereocenters. The lowest BCUT2D eigenvalue weighted by Gasteiger charge is -2.59. The molecule has 5 aliphatic rings. The summed E-state index contributed by atoms with van der Waals surface area (Å²) in [6, 6.07) is 0. The summed E-state index contributed by atoms with van der Waals surface area (Å²) in [7, 11) is 0. The highest BCUT2D eigenvalue weighted by Gasteiger charge is 2.57. The molecule has 0 aromatic rings. The Bertz CT molecular complexity index is 740. The highest BCUT2D eigenvalue weighted by molar-refractivity contribution is 5.76. The van der Waals surface area contributed by atoms with Gasteiger partial charge in [-0.2, -0.15) is 0 Å². The van der Waals surface area contributed by atoms with Crippen molar-refractivity contribution in [2.75, 3.05) is 6.61 Å². The summed E-state index contributed by atoms with van der Waals surface area (Å²) in [5, 5.41) is 0. The van der Waals surface area contributed by atoms with E-state index >= 15 is 0 Å². The van der Waals surface area contributed by atoms with E-state index in [0.29, 0.717) is 24.7 Å². The predicted octanol–water partition coefficient (Wildman–Crippen LogP) is 8.40. The summed E-state index contributed by atoms with van der Waals surface area (Å²) >= 11 is 0. The Balaban J connectivity index is 0. The van der Waals surface area contributed by atoms with Crippen LogP contribution in [0.2, 0.25) is 0 Å². The first kappa shape index (κ1) is 38.6. The molecule has 1 heterocycles. The molecular formula is C32H62O6. The van der Waals surface area contributed by atoms with E-state index < -0.39 is 5.41 Å². The van der Waals surface area contributed by atoms with E-state index in [-0.39, 0.29) is 71.3 Å². The molecule has 0 radical (unpaired) electrons. The van der Waals surface area contributed by atoms with Gasteiger partial charge in [-0.05, 0) is 110 Å². The minimum Gasteiger partial charge on any atom is -0.461 e. The average Bonchev–Trinajstić information content (AvgIpc) is 3.20. The van der Waals surface area contributed by atoms with E-state index in [1.165, 1.54) is 32.1 Å².